The van der Waals surface area contributed by atoms with Crippen molar-refractivity contribution in [2.45, 2.75) is 19.4 Å². The highest BCUT2D eigenvalue weighted by molar-refractivity contribution is 5.40. The molecule has 3 heteroatoms. The van der Waals surface area contributed by atoms with E-state index in [0.29, 0.717) is 6.42 Å². The molecular weight excluding hydrogens is 180 g/mol. The molecule has 0 aromatic heterocycles. The summed E-state index contributed by atoms with van der Waals surface area (Å²) in [6.07, 6.45) is 0.227. The van der Waals surface area contributed by atoms with Crippen LogP contribution in [0.1, 0.15) is 12.5 Å². The fourth-order valence-electron chi connectivity index (χ4n) is 1.34. The molecule has 0 aliphatic carbocycles. The van der Waals surface area contributed by atoms with Gasteiger partial charge in [-0.1, -0.05) is 6.07 Å². The molecule has 14 heavy (non-hydrogen) atoms. The lowest BCUT2D eigenvalue weighted by molar-refractivity contribution is 0.194. The minimum absolute atomic E-state index is 0.364. The maximum Gasteiger partial charge on any atom is 0.125 e. The van der Waals surface area contributed by atoms with Gasteiger partial charge in [-0.3, -0.25) is 0 Å². The molecule has 1 rings (SSSR count). The molecule has 0 radical (unpaired) electrons. The summed E-state index contributed by atoms with van der Waals surface area (Å²) in [6.45, 7) is 1.75. The first kappa shape index (κ1) is 10.9. The average Bonchev–Trinajstić information content (AvgIpc) is 2.17. The summed E-state index contributed by atoms with van der Waals surface area (Å²) in [6, 6.07) is 5.59. The van der Waals surface area contributed by atoms with E-state index >= 15 is 0 Å². The largest absolute Gasteiger partial charge is 0.497 e. The van der Waals surface area contributed by atoms with Gasteiger partial charge < -0.3 is 14.6 Å². The van der Waals surface area contributed by atoms with Crippen molar-refractivity contribution in [1.29, 1.82) is 0 Å². The van der Waals surface area contributed by atoms with Crippen molar-refractivity contribution in [1.82, 2.24) is 0 Å². The Kier molecular flexibility index (Phi) is 3.77. The molecule has 0 aliphatic rings. The highest BCUT2D eigenvalue weighted by Gasteiger charge is 2.07. The first-order valence-corrected chi connectivity index (χ1v) is 4.56. The zero-order valence-corrected chi connectivity index (χ0v) is 8.78. The molecule has 1 atom stereocenters. The molecule has 0 saturated carbocycles. The van der Waals surface area contributed by atoms with Gasteiger partial charge >= 0.3 is 0 Å². The molecular formula is C11H16O3. The normalized spacial score (nSPS) is 12.3. The Morgan fingerprint density at radius 2 is 2.00 bits per heavy atom. The number of aliphatic hydroxyl groups is 1. The summed E-state index contributed by atoms with van der Waals surface area (Å²) in [5.41, 5.74) is 0.989. The second-order valence-electron chi connectivity index (χ2n) is 3.23. The number of hydrogen-bond donors (Lipinski definition) is 1. The van der Waals surface area contributed by atoms with Crippen LogP contribution in [0.2, 0.25) is 0 Å². The van der Waals surface area contributed by atoms with Crippen LogP contribution in [0, 0.1) is 0 Å². The van der Waals surface area contributed by atoms with Crippen molar-refractivity contribution in [3.05, 3.63) is 23.8 Å². The molecule has 0 bridgehead atoms. The molecule has 1 unspecified atom stereocenters. The fraction of sp³-hybridized carbons (Fsp3) is 0.455. The van der Waals surface area contributed by atoms with Crippen molar-refractivity contribution in [3.8, 4) is 11.5 Å². The SMILES string of the molecule is COc1ccc(CC(C)O)c(OC)c1. The Hall–Kier alpha value is -1.22. The zero-order chi connectivity index (χ0) is 10.6. The highest BCUT2D eigenvalue weighted by Crippen LogP contribution is 2.25. The zero-order valence-electron chi connectivity index (χ0n) is 8.78. The second-order valence-corrected chi connectivity index (χ2v) is 3.23. The van der Waals surface area contributed by atoms with E-state index < -0.39 is 0 Å². The molecule has 0 saturated heterocycles. The predicted molar refractivity (Wildman–Crippen MR) is 54.9 cm³/mol. The minimum atomic E-state index is -0.364. The lowest BCUT2D eigenvalue weighted by Crippen LogP contribution is -2.05. The van der Waals surface area contributed by atoms with Crippen LogP contribution in [-0.2, 0) is 6.42 Å². The van der Waals surface area contributed by atoms with Gasteiger partial charge in [-0.15, -0.1) is 0 Å². The third-order valence-electron chi connectivity index (χ3n) is 2.01. The van der Waals surface area contributed by atoms with Gasteiger partial charge in [-0.05, 0) is 18.6 Å². The number of hydrogen-bond acceptors (Lipinski definition) is 3. The Morgan fingerprint density at radius 1 is 1.29 bits per heavy atom. The molecule has 78 valence electrons. The van der Waals surface area contributed by atoms with Gasteiger partial charge in [0.05, 0.1) is 20.3 Å². The molecule has 0 amide bonds. The van der Waals surface area contributed by atoms with E-state index in [-0.39, 0.29) is 6.10 Å². The van der Waals surface area contributed by atoms with E-state index in [1.54, 1.807) is 21.1 Å². The van der Waals surface area contributed by atoms with Gasteiger partial charge in [0.15, 0.2) is 0 Å². The van der Waals surface area contributed by atoms with E-state index in [0.717, 1.165) is 17.1 Å². The van der Waals surface area contributed by atoms with Crippen molar-refractivity contribution in [3.63, 3.8) is 0 Å². The van der Waals surface area contributed by atoms with E-state index in [1.807, 2.05) is 18.2 Å². The van der Waals surface area contributed by atoms with E-state index in [9.17, 15) is 5.11 Å². The van der Waals surface area contributed by atoms with Crippen LogP contribution < -0.4 is 9.47 Å². The number of ether oxygens (including phenoxy) is 2. The van der Waals surface area contributed by atoms with Crippen LogP contribution in [-0.4, -0.2) is 25.4 Å². The number of benzene rings is 1. The van der Waals surface area contributed by atoms with Crippen molar-refractivity contribution in [2.75, 3.05) is 14.2 Å². The van der Waals surface area contributed by atoms with Gasteiger partial charge in [0.1, 0.15) is 11.5 Å². The van der Waals surface area contributed by atoms with E-state index in [1.165, 1.54) is 0 Å². The third kappa shape index (κ3) is 2.64. The van der Waals surface area contributed by atoms with Crippen LogP contribution in [0.5, 0.6) is 11.5 Å². The van der Waals surface area contributed by atoms with E-state index in [2.05, 4.69) is 0 Å². The molecule has 0 heterocycles. The summed E-state index contributed by atoms with van der Waals surface area (Å²) in [4.78, 5) is 0. The Bertz CT molecular complexity index is 295. The summed E-state index contributed by atoms with van der Waals surface area (Å²) in [7, 11) is 3.23. The smallest absolute Gasteiger partial charge is 0.125 e. The van der Waals surface area contributed by atoms with Crippen molar-refractivity contribution >= 4 is 0 Å². The number of rotatable bonds is 4. The van der Waals surface area contributed by atoms with Crippen LogP contribution in [0.3, 0.4) is 0 Å². The maximum absolute atomic E-state index is 9.27. The highest BCUT2D eigenvalue weighted by atomic mass is 16.5. The molecule has 1 aromatic carbocycles. The van der Waals surface area contributed by atoms with Crippen LogP contribution in [0.25, 0.3) is 0 Å². The summed E-state index contributed by atoms with van der Waals surface area (Å²) in [5, 5.41) is 9.27. The Morgan fingerprint density at radius 3 is 2.50 bits per heavy atom. The van der Waals surface area contributed by atoms with Gasteiger partial charge in [0, 0.05) is 12.5 Å². The van der Waals surface area contributed by atoms with Gasteiger partial charge in [0.25, 0.3) is 0 Å². The van der Waals surface area contributed by atoms with Gasteiger partial charge in [-0.2, -0.15) is 0 Å². The molecule has 1 aromatic rings. The minimum Gasteiger partial charge on any atom is -0.497 e. The quantitative estimate of drug-likeness (QED) is 0.795. The lowest BCUT2D eigenvalue weighted by Gasteiger charge is -2.11. The van der Waals surface area contributed by atoms with Crippen LogP contribution in [0.4, 0.5) is 0 Å². The monoisotopic (exact) mass is 196 g/mol. The standard InChI is InChI=1S/C11H16O3/c1-8(12)6-9-4-5-10(13-2)7-11(9)14-3/h4-5,7-8,12H,6H2,1-3H3. The molecule has 1 N–H and O–H groups in total. The second kappa shape index (κ2) is 4.86. The lowest BCUT2D eigenvalue weighted by atomic mass is 10.1. The topological polar surface area (TPSA) is 38.7 Å². The summed E-state index contributed by atoms with van der Waals surface area (Å²) < 4.78 is 10.3. The first-order chi connectivity index (χ1) is 6.67. The number of methoxy groups -OCH3 is 2. The van der Waals surface area contributed by atoms with Gasteiger partial charge in [0.2, 0.25) is 0 Å². The summed E-state index contributed by atoms with van der Waals surface area (Å²) >= 11 is 0. The molecule has 0 spiro atoms. The molecule has 3 nitrogen and oxygen atoms in total. The Labute approximate surface area is 84.3 Å². The molecule has 0 aliphatic heterocycles. The fourth-order valence-corrected chi connectivity index (χ4v) is 1.34. The summed E-state index contributed by atoms with van der Waals surface area (Å²) in [5.74, 6) is 1.52. The first-order valence-electron chi connectivity index (χ1n) is 4.56. The number of aliphatic hydroxyl groups excluding tert-OH is 1. The van der Waals surface area contributed by atoms with E-state index in [4.69, 9.17) is 9.47 Å². The predicted octanol–water partition coefficient (Wildman–Crippen LogP) is 1.63. The van der Waals surface area contributed by atoms with Crippen molar-refractivity contribution < 1.29 is 14.6 Å². The Balaban J connectivity index is 2.93. The third-order valence-corrected chi connectivity index (χ3v) is 2.01. The van der Waals surface area contributed by atoms with Crippen molar-refractivity contribution in [2.24, 2.45) is 0 Å². The van der Waals surface area contributed by atoms with Crippen LogP contribution >= 0.6 is 0 Å². The average molecular weight is 196 g/mol. The van der Waals surface area contributed by atoms with Crippen LogP contribution in [0.15, 0.2) is 18.2 Å². The molecule has 0 fully saturated rings. The van der Waals surface area contributed by atoms with Gasteiger partial charge in [-0.25, -0.2) is 0 Å². The maximum atomic E-state index is 9.27.